The van der Waals surface area contributed by atoms with E-state index in [1.807, 2.05) is 0 Å². The number of hydrogen-bond acceptors (Lipinski definition) is 7. The number of nitrogens with zero attached hydrogens (tertiary/aromatic N) is 3. The lowest BCUT2D eigenvalue weighted by Crippen LogP contribution is -2.37. The number of sulfonamides is 1. The fourth-order valence-electron chi connectivity index (χ4n) is 2.99. The molecule has 1 aliphatic heterocycles. The highest BCUT2D eigenvalue weighted by molar-refractivity contribution is 7.92. The molecule has 1 aliphatic rings. The van der Waals surface area contributed by atoms with E-state index in [0.29, 0.717) is 31.0 Å². The van der Waals surface area contributed by atoms with Crippen LogP contribution in [0.25, 0.3) is 0 Å². The molecule has 0 bridgehead atoms. The molecule has 0 saturated carbocycles. The van der Waals surface area contributed by atoms with Crippen molar-refractivity contribution in [3.05, 3.63) is 57.6 Å². The van der Waals surface area contributed by atoms with Crippen LogP contribution < -0.4 is 10.1 Å². The van der Waals surface area contributed by atoms with Crippen LogP contribution in [0.4, 0.5) is 17.1 Å². The maximum atomic E-state index is 12.6. The summed E-state index contributed by atoms with van der Waals surface area (Å²) >= 11 is 5.79. The number of amides is 1. The van der Waals surface area contributed by atoms with E-state index in [1.54, 1.807) is 4.90 Å². The number of halogens is 1. The van der Waals surface area contributed by atoms with Gasteiger partial charge in [0.1, 0.15) is 5.69 Å². The van der Waals surface area contributed by atoms with Gasteiger partial charge in [0.15, 0.2) is 0 Å². The van der Waals surface area contributed by atoms with Crippen LogP contribution in [-0.2, 0) is 14.8 Å². The highest BCUT2D eigenvalue weighted by Crippen LogP contribution is 2.29. The molecule has 0 aliphatic carbocycles. The largest absolute Gasteiger partial charge is 0.342 e. The van der Waals surface area contributed by atoms with Gasteiger partial charge in [-0.1, -0.05) is 11.6 Å². The average molecular weight is 466 g/mol. The molecular weight excluding hydrogens is 446 g/mol. The smallest absolute Gasteiger partial charge is 0.295 e. The standard InChI is InChI=1S/C19H20ClN5O5S/c1-13(26)24-10-8-15(9-11-24)21-22-18-7-6-17(12-19(18)25(27)28)31(29,30)23-16-4-2-14(20)3-5-16/h2-7,12,22-23H,8-11H2,1H3. The van der Waals surface area contributed by atoms with Gasteiger partial charge in [-0.2, -0.15) is 5.10 Å². The molecule has 2 N–H and O–H groups in total. The van der Waals surface area contributed by atoms with Crippen molar-refractivity contribution in [1.29, 1.82) is 0 Å². The number of benzene rings is 2. The number of nitro benzene ring substituents is 1. The second-order valence-corrected chi connectivity index (χ2v) is 8.96. The first-order valence-electron chi connectivity index (χ1n) is 9.29. The topological polar surface area (TPSA) is 134 Å². The Balaban J connectivity index is 1.78. The normalized spacial score (nSPS) is 14.1. The predicted octanol–water partition coefficient (Wildman–Crippen LogP) is 3.46. The quantitative estimate of drug-likeness (QED) is 0.495. The SMILES string of the molecule is CC(=O)N1CCC(=NNc2ccc(S(=O)(=O)Nc3ccc(Cl)cc3)cc2[N+](=O)[O-])CC1. The monoisotopic (exact) mass is 465 g/mol. The Hall–Kier alpha value is -3.18. The van der Waals surface area contributed by atoms with Crippen molar-refractivity contribution in [3.8, 4) is 0 Å². The summed E-state index contributed by atoms with van der Waals surface area (Å²) in [6.07, 6.45) is 1.11. The molecule has 31 heavy (non-hydrogen) atoms. The summed E-state index contributed by atoms with van der Waals surface area (Å²) in [5.74, 6) is -0.00773. The molecule has 0 aromatic heterocycles. The first-order valence-corrected chi connectivity index (χ1v) is 11.2. The van der Waals surface area contributed by atoms with Crippen molar-refractivity contribution < 1.29 is 18.1 Å². The van der Waals surface area contributed by atoms with Gasteiger partial charge in [-0.15, -0.1) is 0 Å². The zero-order valence-corrected chi connectivity index (χ0v) is 18.1. The van der Waals surface area contributed by atoms with Crippen molar-refractivity contribution in [2.75, 3.05) is 23.2 Å². The number of hydrazone groups is 1. The van der Waals surface area contributed by atoms with Gasteiger partial charge in [0, 0.05) is 55.3 Å². The number of piperidine rings is 1. The van der Waals surface area contributed by atoms with E-state index in [-0.39, 0.29) is 22.2 Å². The molecule has 1 amide bonds. The third kappa shape index (κ3) is 5.70. The van der Waals surface area contributed by atoms with Crippen LogP contribution in [-0.4, -0.2) is 42.9 Å². The fraction of sp³-hybridized carbons (Fsp3) is 0.263. The van der Waals surface area contributed by atoms with E-state index >= 15 is 0 Å². The molecule has 0 unspecified atom stereocenters. The molecule has 0 radical (unpaired) electrons. The van der Waals surface area contributed by atoms with Crippen molar-refractivity contribution in [1.82, 2.24) is 4.90 Å². The van der Waals surface area contributed by atoms with Crippen LogP contribution in [0.5, 0.6) is 0 Å². The average Bonchev–Trinajstić information content (AvgIpc) is 2.73. The summed E-state index contributed by atoms with van der Waals surface area (Å²) in [6.45, 7) is 2.57. The molecule has 12 heteroatoms. The van der Waals surface area contributed by atoms with Gasteiger partial charge in [0.25, 0.3) is 15.7 Å². The predicted molar refractivity (Wildman–Crippen MR) is 118 cm³/mol. The van der Waals surface area contributed by atoms with E-state index in [9.17, 15) is 23.3 Å². The summed E-state index contributed by atoms with van der Waals surface area (Å²) in [4.78, 5) is 23.7. The van der Waals surface area contributed by atoms with Gasteiger partial charge < -0.3 is 4.90 Å². The zero-order valence-electron chi connectivity index (χ0n) is 16.5. The number of nitrogens with one attached hydrogen (secondary N) is 2. The second kappa shape index (κ2) is 9.31. The zero-order chi connectivity index (χ0) is 22.6. The number of likely N-dealkylation sites (tertiary alicyclic amines) is 1. The highest BCUT2D eigenvalue weighted by atomic mass is 35.5. The lowest BCUT2D eigenvalue weighted by molar-refractivity contribution is -0.384. The summed E-state index contributed by atoms with van der Waals surface area (Å²) in [5.41, 5.74) is 3.34. The van der Waals surface area contributed by atoms with Gasteiger partial charge in [0.05, 0.1) is 9.82 Å². The molecule has 1 saturated heterocycles. The minimum Gasteiger partial charge on any atom is -0.342 e. The van der Waals surface area contributed by atoms with E-state index in [0.717, 1.165) is 11.8 Å². The molecule has 0 spiro atoms. The Labute approximate surface area is 184 Å². The van der Waals surface area contributed by atoms with Crippen LogP contribution in [0.15, 0.2) is 52.5 Å². The first kappa shape index (κ1) is 22.5. The Kier molecular flexibility index (Phi) is 6.76. The minimum atomic E-state index is -4.05. The third-order valence-electron chi connectivity index (χ3n) is 4.69. The molecule has 2 aromatic rings. The minimum absolute atomic E-state index is 0.00773. The lowest BCUT2D eigenvalue weighted by Gasteiger charge is -2.26. The Bertz CT molecular complexity index is 1120. The highest BCUT2D eigenvalue weighted by Gasteiger charge is 2.22. The number of nitro groups is 1. The van der Waals surface area contributed by atoms with Crippen molar-refractivity contribution in [2.24, 2.45) is 5.10 Å². The van der Waals surface area contributed by atoms with E-state index in [2.05, 4.69) is 15.2 Å². The van der Waals surface area contributed by atoms with Crippen LogP contribution in [0.2, 0.25) is 5.02 Å². The van der Waals surface area contributed by atoms with Crippen molar-refractivity contribution in [3.63, 3.8) is 0 Å². The molecule has 164 valence electrons. The van der Waals surface area contributed by atoms with Gasteiger partial charge in [-0.25, -0.2) is 8.42 Å². The van der Waals surface area contributed by atoms with Crippen molar-refractivity contribution >= 4 is 50.3 Å². The van der Waals surface area contributed by atoms with Gasteiger partial charge in [0.2, 0.25) is 5.91 Å². The van der Waals surface area contributed by atoms with E-state index in [4.69, 9.17) is 11.6 Å². The molecule has 1 fully saturated rings. The van der Waals surface area contributed by atoms with Gasteiger partial charge in [-0.3, -0.25) is 25.1 Å². The number of hydrogen-bond donors (Lipinski definition) is 2. The van der Waals surface area contributed by atoms with E-state index in [1.165, 1.54) is 43.3 Å². The Morgan fingerprint density at radius 3 is 2.39 bits per heavy atom. The van der Waals surface area contributed by atoms with Gasteiger partial charge in [-0.05, 0) is 36.4 Å². The molecule has 1 heterocycles. The number of anilines is 2. The number of carbonyl (C=O) groups excluding carboxylic acids is 1. The molecule has 10 nitrogen and oxygen atoms in total. The molecular formula is C19H20ClN5O5S. The van der Waals surface area contributed by atoms with Gasteiger partial charge >= 0.3 is 0 Å². The second-order valence-electron chi connectivity index (χ2n) is 6.84. The van der Waals surface area contributed by atoms with Crippen LogP contribution >= 0.6 is 11.6 Å². The molecule has 2 aromatic carbocycles. The maximum absolute atomic E-state index is 12.6. The van der Waals surface area contributed by atoms with E-state index < -0.39 is 20.6 Å². The molecule has 0 atom stereocenters. The summed E-state index contributed by atoms with van der Waals surface area (Å²) < 4.78 is 27.6. The van der Waals surface area contributed by atoms with Crippen LogP contribution in [0.3, 0.4) is 0 Å². The first-order chi connectivity index (χ1) is 14.7. The summed E-state index contributed by atoms with van der Waals surface area (Å²) in [6, 6.07) is 9.54. The summed E-state index contributed by atoms with van der Waals surface area (Å²) in [5, 5.41) is 16.2. The fourth-order valence-corrected chi connectivity index (χ4v) is 4.19. The number of carbonyl (C=O) groups is 1. The maximum Gasteiger partial charge on any atom is 0.295 e. The third-order valence-corrected chi connectivity index (χ3v) is 6.32. The summed E-state index contributed by atoms with van der Waals surface area (Å²) in [7, 11) is -4.05. The van der Waals surface area contributed by atoms with Crippen molar-refractivity contribution in [2.45, 2.75) is 24.7 Å². The van der Waals surface area contributed by atoms with Crippen LogP contribution in [0.1, 0.15) is 19.8 Å². The Morgan fingerprint density at radius 1 is 1.16 bits per heavy atom. The number of rotatable bonds is 6. The lowest BCUT2D eigenvalue weighted by atomic mass is 10.1. The molecule has 3 rings (SSSR count). The Morgan fingerprint density at radius 2 is 1.81 bits per heavy atom. The van der Waals surface area contributed by atoms with Crippen LogP contribution in [0, 0.1) is 10.1 Å².